The zero-order valence-electron chi connectivity index (χ0n) is 12.8. The SMILES string of the molecule is CCN(Cc1nnc(-c2ccccc2Cl)o1)c1ccc(F)c(F)c1. The van der Waals surface area contributed by atoms with Gasteiger partial charge >= 0.3 is 0 Å². The Kier molecular flexibility index (Phi) is 4.76. The van der Waals surface area contributed by atoms with Crippen LogP contribution in [0, 0.1) is 11.6 Å². The normalized spacial score (nSPS) is 10.8. The van der Waals surface area contributed by atoms with Gasteiger partial charge in [0.05, 0.1) is 17.1 Å². The number of hydrogen-bond donors (Lipinski definition) is 0. The Morgan fingerprint density at radius 1 is 1.08 bits per heavy atom. The number of rotatable bonds is 5. The van der Waals surface area contributed by atoms with Gasteiger partial charge in [-0.25, -0.2) is 8.78 Å². The Labute approximate surface area is 142 Å². The van der Waals surface area contributed by atoms with Crippen molar-refractivity contribution in [3.8, 4) is 11.5 Å². The quantitative estimate of drug-likeness (QED) is 0.670. The zero-order chi connectivity index (χ0) is 17.1. The summed E-state index contributed by atoms with van der Waals surface area (Å²) in [7, 11) is 0. The largest absolute Gasteiger partial charge is 0.419 e. The summed E-state index contributed by atoms with van der Waals surface area (Å²) in [5.41, 5.74) is 1.18. The smallest absolute Gasteiger partial charge is 0.249 e. The van der Waals surface area contributed by atoms with Crippen molar-refractivity contribution in [2.24, 2.45) is 0 Å². The average Bonchev–Trinajstić information content (AvgIpc) is 3.04. The number of anilines is 1. The summed E-state index contributed by atoms with van der Waals surface area (Å²) in [5.74, 6) is -1.10. The Balaban J connectivity index is 1.82. The van der Waals surface area contributed by atoms with Crippen LogP contribution < -0.4 is 4.90 Å². The van der Waals surface area contributed by atoms with Gasteiger partial charge in [0.2, 0.25) is 11.8 Å². The highest BCUT2D eigenvalue weighted by atomic mass is 35.5. The molecule has 124 valence electrons. The first-order chi connectivity index (χ1) is 11.6. The molecule has 0 bridgehead atoms. The molecule has 0 spiro atoms. The molecule has 7 heteroatoms. The van der Waals surface area contributed by atoms with Crippen molar-refractivity contribution >= 4 is 17.3 Å². The summed E-state index contributed by atoms with van der Waals surface area (Å²) in [4.78, 5) is 1.80. The van der Waals surface area contributed by atoms with Crippen molar-refractivity contribution in [1.82, 2.24) is 10.2 Å². The zero-order valence-corrected chi connectivity index (χ0v) is 13.6. The van der Waals surface area contributed by atoms with Crippen LogP contribution in [0.3, 0.4) is 0 Å². The van der Waals surface area contributed by atoms with Crippen LogP contribution in [-0.4, -0.2) is 16.7 Å². The van der Waals surface area contributed by atoms with Gasteiger partial charge in [-0.2, -0.15) is 0 Å². The molecule has 0 atom stereocenters. The number of hydrogen-bond acceptors (Lipinski definition) is 4. The molecule has 0 fully saturated rings. The summed E-state index contributed by atoms with van der Waals surface area (Å²) in [6.45, 7) is 2.74. The molecule has 4 nitrogen and oxygen atoms in total. The molecule has 0 N–H and O–H groups in total. The molecule has 24 heavy (non-hydrogen) atoms. The van der Waals surface area contributed by atoms with Crippen molar-refractivity contribution in [3.05, 3.63) is 65.0 Å². The first kappa shape index (κ1) is 16.4. The standard InChI is InChI=1S/C17H14ClF2N3O/c1-2-23(11-7-8-14(19)15(20)9-11)10-16-21-22-17(24-16)12-5-3-4-6-13(12)18/h3-9H,2,10H2,1H3. The maximum atomic E-state index is 13.4. The third-order valence-corrected chi connectivity index (χ3v) is 3.88. The van der Waals surface area contributed by atoms with Crippen LogP contribution in [0.4, 0.5) is 14.5 Å². The van der Waals surface area contributed by atoms with Gasteiger partial charge in [0.1, 0.15) is 0 Å². The van der Waals surface area contributed by atoms with Gasteiger partial charge in [0, 0.05) is 18.3 Å². The lowest BCUT2D eigenvalue weighted by molar-refractivity contribution is 0.496. The number of nitrogens with zero attached hydrogens (tertiary/aromatic N) is 3. The Bertz CT molecular complexity index is 853. The summed E-state index contributed by atoms with van der Waals surface area (Å²) in [6, 6.07) is 10.9. The van der Waals surface area contributed by atoms with Crippen molar-refractivity contribution in [3.63, 3.8) is 0 Å². The van der Waals surface area contributed by atoms with Crippen molar-refractivity contribution < 1.29 is 13.2 Å². The van der Waals surface area contributed by atoms with Gasteiger partial charge in [-0.05, 0) is 31.2 Å². The maximum absolute atomic E-state index is 13.4. The molecule has 0 aliphatic heterocycles. The molecule has 0 radical (unpaired) electrons. The third-order valence-electron chi connectivity index (χ3n) is 3.55. The minimum atomic E-state index is -0.895. The molecule has 0 unspecified atom stereocenters. The van der Waals surface area contributed by atoms with Crippen LogP contribution in [0.1, 0.15) is 12.8 Å². The lowest BCUT2D eigenvalue weighted by Crippen LogP contribution is -2.22. The summed E-state index contributed by atoms with van der Waals surface area (Å²) in [5, 5.41) is 8.51. The average molecular weight is 350 g/mol. The second-order valence-corrected chi connectivity index (χ2v) is 5.50. The predicted octanol–water partition coefficient (Wildman–Crippen LogP) is 4.69. The van der Waals surface area contributed by atoms with E-state index in [1.165, 1.54) is 6.07 Å². The molecule has 0 saturated heterocycles. The van der Waals surface area contributed by atoms with E-state index in [9.17, 15) is 8.78 Å². The molecule has 3 rings (SSSR count). The molecular weight excluding hydrogens is 336 g/mol. The van der Waals surface area contributed by atoms with Crippen molar-refractivity contribution in [1.29, 1.82) is 0 Å². The van der Waals surface area contributed by atoms with E-state index >= 15 is 0 Å². The Hall–Kier alpha value is -2.47. The maximum Gasteiger partial charge on any atom is 0.249 e. The van der Waals surface area contributed by atoms with E-state index < -0.39 is 11.6 Å². The molecule has 0 amide bonds. The summed E-state index contributed by atoms with van der Waals surface area (Å²) >= 11 is 6.11. The van der Waals surface area contributed by atoms with E-state index in [1.54, 1.807) is 17.0 Å². The monoisotopic (exact) mass is 349 g/mol. The molecule has 1 heterocycles. The first-order valence-corrected chi connectivity index (χ1v) is 7.73. The molecule has 0 saturated carbocycles. The molecule has 3 aromatic rings. The molecule has 0 aliphatic rings. The number of halogens is 3. The van der Waals surface area contributed by atoms with E-state index in [4.69, 9.17) is 16.0 Å². The highest BCUT2D eigenvalue weighted by molar-refractivity contribution is 6.33. The van der Waals surface area contributed by atoms with E-state index in [0.717, 1.165) is 12.1 Å². The Morgan fingerprint density at radius 2 is 1.88 bits per heavy atom. The van der Waals surface area contributed by atoms with Crippen LogP contribution in [-0.2, 0) is 6.54 Å². The van der Waals surface area contributed by atoms with E-state index in [2.05, 4.69) is 10.2 Å². The van der Waals surface area contributed by atoms with E-state index in [-0.39, 0.29) is 6.54 Å². The van der Waals surface area contributed by atoms with Gasteiger partial charge in [-0.1, -0.05) is 23.7 Å². The molecule has 0 aliphatic carbocycles. The minimum absolute atomic E-state index is 0.277. The molecular formula is C17H14ClF2N3O. The fourth-order valence-electron chi connectivity index (χ4n) is 2.29. The van der Waals surface area contributed by atoms with Gasteiger partial charge in [0.15, 0.2) is 11.6 Å². The lowest BCUT2D eigenvalue weighted by atomic mass is 10.2. The van der Waals surface area contributed by atoms with Crippen LogP contribution in [0.5, 0.6) is 0 Å². The van der Waals surface area contributed by atoms with Crippen LogP contribution in [0.2, 0.25) is 5.02 Å². The first-order valence-electron chi connectivity index (χ1n) is 7.35. The van der Waals surface area contributed by atoms with E-state index in [0.29, 0.717) is 34.6 Å². The van der Waals surface area contributed by atoms with Crippen LogP contribution in [0.25, 0.3) is 11.5 Å². The minimum Gasteiger partial charge on any atom is -0.419 e. The fraction of sp³-hybridized carbons (Fsp3) is 0.176. The topological polar surface area (TPSA) is 42.2 Å². The predicted molar refractivity (Wildman–Crippen MR) is 87.8 cm³/mol. The van der Waals surface area contributed by atoms with Crippen molar-refractivity contribution in [2.75, 3.05) is 11.4 Å². The van der Waals surface area contributed by atoms with Gasteiger partial charge in [-0.3, -0.25) is 0 Å². The molecule has 1 aromatic heterocycles. The molecule has 2 aromatic carbocycles. The van der Waals surface area contributed by atoms with Crippen LogP contribution >= 0.6 is 11.6 Å². The second kappa shape index (κ2) is 6.97. The lowest BCUT2D eigenvalue weighted by Gasteiger charge is -2.21. The fourth-order valence-corrected chi connectivity index (χ4v) is 2.51. The number of benzene rings is 2. The van der Waals surface area contributed by atoms with Gasteiger partial charge in [-0.15, -0.1) is 10.2 Å². The number of aromatic nitrogens is 2. The van der Waals surface area contributed by atoms with Gasteiger partial charge < -0.3 is 9.32 Å². The van der Waals surface area contributed by atoms with Crippen molar-refractivity contribution in [2.45, 2.75) is 13.5 Å². The third kappa shape index (κ3) is 3.38. The second-order valence-electron chi connectivity index (χ2n) is 5.09. The highest BCUT2D eigenvalue weighted by Crippen LogP contribution is 2.27. The van der Waals surface area contributed by atoms with E-state index in [1.807, 2.05) is 19.1 Å². The summed E-state index contributed by atoms with van der Waals surface area (Å²) < 4.78 is 32.1. The highest BCUT2D eigenvalue weighted by Gasteiger charge is 2.15. The van der Waals surface area contributed by atoms with Gasteiger partial charge in [0.25, 0.3) is 0 Å². The Morgan fingerprint density at radius 3 is 2.58 bits per heavy atom. The summed E-state index contributed by atoms with van der Waals surface area (Å²) in [6.07, 6.45) is 0. The van der Waals surface area contributed by atoms with Crippen LogP contribution in [0.15, 0.2) is 46.9 Å².